The van der Waals surface area contributed by atoms with Crippen molar-refractivity contribution in [3.63, 3.8) is 0 Å². The van der Waals surface area contributed by atoms with Crippen LogP contribution >= 0.6 is 0 Å². The van der Waals surface area contributed by atoms with Gasteiger partial charge in [-0.1, -0.05) is 57.5 Å². The molecule has 29 heavy (non-hydrogen) atoms. The third-order valence-electron chi connectivity index (χ3n) is 5.28. The highest BCUT2D eigenvalue weighted by atomic mass is 16.2. The molecule has 1 atom stereocenters. The van der Waals surface area contributed by atoms with E-state index in [2.05, 4.69) is 44.3 Å². The summed E-state index contributed by atoms with van der Waals surface area (Å²) in [5, 5.41) is 12.2. The highest BCUT2D eigenvalue weighted by Crippen LogP contribution is 2.36. The Bertz CT molecular complexity index is 922. The Hall–Kier alpha value is -3.06. The van der Waals surface area contributed by atoms with Crippen LogP contribution in [-0.2, 0) is 0 Å². The average Bonchev–Trinajstić information content (AvgIpc) is 2.82. The molecule has 3 rings (SSSR count). The average molecular weight is 388 g/mol. The summed E-state index contributed by atoms with van der Waals surface area (Å²) >= 11 is 0. The largest absolute Gasteiger partial charge is 0.322 e. The molecule has 4 nitrogen and oxygen atoms in total. The zero-order chi connectivity index (χ0) is 20.8. The lowest BCUT2D eigenvalue weighted by atomic mass is 9.89. The lowest BCUT2D eigenvalue weighted by Crippen LogP contribution is -2.43. The van der Waals surface area contributed by atoms with E-state index in [0.717, 1.165) is 48.2 Å². The van der Waals surface area contributed by atoms with Gasteiger partial charge in [0.1, 0.15) is 0 Å². The van der Waals surface area contributed by atoms with Gasteiger partial charge in [0.2, 0.25) is 0 Å². The predicted molar refractivity (Wildman–Crippen MR) is 119 cm³/mol. The van der Waals surface area contributed by atoms with Crippen molar-refractivity contribution in [3.05, 3.63) is 65.2 Å². The summed E-state index contributed by atoms with van der Waals surface area (Å²) in [5.41, 5.74) is 4.74. The van der Waals surface area contributed by atoms with Crippen molar-refractivity contribution < 1.29 is 4.79 Å². The van der Waals surface area contributed by atoms with E-state index in [-0.39, 0.29) is 12.1 Å². The lowest BCUT2D eigenvalue weighted by molar-refractivity contribution is 0.194. The van der Waals surface area contributed by atoms with Crippen LogP contribution in [0.4, 0.5) is 10.5 Å². The molecule has 0 spiro atoms. The second-order valence-corrected chi connectivity index (χ2v) is 8.00. The molecular formula is C25H29N3O. The van der Waals surface area contributed by atoms with Crippen LogP contribution in [0.3, 0.4) is 0 Å². The number of benzene rings is 2. The van der Waals surface area contributed by atoms with Gasteiger partial charge in [-0.05, 0) is 54.2 Å². The zero-order valence-electron chi connectivity index (χ0n) is 17.5. The molecule has 0 aromatic heterocycles. The molecule has 150 valence electrons. The van der Waals surface area contributed by atoms with Crippen LogP contribution < -0.4 is 5.32 Å². The second-order valence-electron chi connectivity index (χ2n) is 8.00. The SMILES string of the molecule is CCCCN1C(=O)Nc2ccccc2/C(=C/c2ccc(C#N)cc2)C1CC(C)C. The quantitative estimate of drug-likeness (QED) is 0.645. The van der Waals surface area contributed by atoms with Crippen molar-refractivity contribution in [3.8, 4) is 6.07 Å². The fourth-order valence-corrected chi connectivity index (χ4v) is 3.81. The number of nitriles is 1. The van der Waals surface area contributed by atoms with Crippen LogP contribution in [0, 0.1) is 17.2 Å². The Morgan fingerprint density at radius 3 is 2.55 bits per heavy atom. The minimum absolute atomic E-state index is 0.000781. The molecule has 4 heteroatoms. The molecule has 0 saturated carbocycles. The fraction of sp³-hybridized carbons (Fsp3) is 0.360. The lowest BCUT2D eigenvalue weighted by Gasteiger charge is -2.32. The van der Waals surface area contributed by atoms with Gasteiger partial charge in [0.25, 0.3) is 0 Å². The minimum Gasteiger partial charge on any atom is -0.317 e. The second kappa shape index (κ2) is 9.43. The molecule has 0 bridgehead atoms. The van der Waals surface area contributed by atoms with Gasteiger partial charge in [-0.3, -0.25) is 0 Å². The summed E-state index contributed by atoms with van der Waals surface area (Å²) in [6.45, 7) is 7.28. The molecule has 1 N–H and O–H groups in total. The number of rotatable bonds is 6. The van der Waals surface area contributed by atoms with Crippen LogP contribution in [0.25, 0.3) is 11.6 Å². The molecule has 1 aliphatic heterocycles. The van der Waals surface area contributed by atoms with Crippen molar-refractivity contribution in [1.29, 1.82) is 5.26 Å². The zero-order valence-corrected chi connectivity index (χ0v) is 17.5. The van der Waals surface area contributed by atoms with Gasteiger partial charge < -0.3 is 10.2 Å². The van der Waals surface area contributed by atoms with Crippen molar-refractivity contribution >= 4 is 23.4 Å². The number of carbonyl (C=O) groups excluding carboxylic acids is 1. The first-order valence-corrected chi connectivity index (χ1v) is 10.4. The summed E-state index contributed by atoms with van der Waals surface area (Å²) in [4.78, 5) is 15.1. The maximum absolute atomic E-state index is 13.1. The standard InChI is InChI=1S/C25H29N3O/c1-4-5-14-28-24(15-18(2)3)22(16-19-10-12-20(17-26)13-11-19)21-8-6-7-9-23(21)27-25(28)29/h6-13,16,18,24H,4-5,14-15H2,1-3H3,(H,27,29)/b22-16-. The fourth-order valence-electron chi connectivity index (χ4n) is 3.81. The smallest absolute Gasteiger partial charge is 0.317 e. The maximum atomic E-state index is 13.1. The van der Waals surface area contributed by atoms with Gasteiger partial charge in [0.05, 0.1) is 17.7 Å². The minimum atomic E-state index is -0.0280. The molecule has 0 aliphatic carbocycles. The topological polar surface area (TPSA) is 56.1 Å². The Kier molecular flexibility index (Phi) is 6.72. The summed E-state index contributed by atoms with van der Waals surface area (Å²) in [5.74, 6) is 0.451. The Morgan fingerprint density at radius 1 is 1.17 bits per heavy atom. The number of para-hydroxylation sites is 1. The van der Waals surface area contributed by atoms with Gasteiger partial charge >= 0.3 is 6.03 Å². The predicted octanol–water partition coefficient (Wildman–Crippen LogP) is 6.16. The molecule has 2 aromatic carbocycles. The normalized spacial score (nSPS) is 17.6. The van der Waals surface area contributed by atoms with Crippen molar-refractivity contribution in [1.82, 2.24) is 4.90 Å². The Labute approximate surface area is 173 Å². The van der Waals surface area contributed by atoms with Gasteiger partial charge in [-0.25, -0.2) is 4.79 Å². The summed E-state index contributed by atoms with van der Waals surface area (Å²) in [6, 6.07) is 17.8. The van der Waals surface area contributed by atoms with Crippen molar-refractivity contribution in [2.45, 2.75) is 46.1 Å². The first-order valence-electron chi connectivity index (χ1n) is 10.4. The third kappa shape index (κ3) is 4.86. The van der Waals surface area contributed by atoms with Gasteiger partial charge in [-0.2, -0.15) is 5.26 Å². The summed E-state index contributed by atoms with van der Waals surface area (Å²) in [7, 11) is 0. The monoisotopic (exact) mass is 387 g/mol. The highest BCUT2D eigenvalue weighted by molar-refractivity contribution is 6.00. The van der Waals surface area contributed by atoms with E-state index in [0.29, 0.717) is 11.5 Å². The van der Waals surface area contributed by atoms with Crippen LogP contribution in [0.1, 0.15) is 56.7 Å². The number of nitrogens with zero attached hydrogens (tertiary/aromatic N) is 2. The molecule has 0 radical (unpaired) electrons. The van der Waals surface area contributed by atoms with Crippen molar-refractivity contribution in [2.24, 2.45) is 5.92 Å². The molecule has 1 heterocycles. The van der Waals surface area contributed by atoms with Crippen LogP contribution in [0.2, 0.25) is 0 Å². The molecule has 1 unspecified atom stereocenters. The van der Waals surface area contributed by atoms with Crippen LogP contribution in [0.5, 0.6) is 0 Å². The van der Waals surface area contributed by atoms with E-state index in [1.807, 2.05) is 47.4 Å². The molecule has 2 aromatic rings. The molecule has 2 amide bonds. The van der Waals surface area contributed by atoms with E-state index in [1.54, 1.807) is 0 Å². The van der Waals surface area contributed by atoms with Crippen molar-refractivity contribution in [2.75, 3.05) is 11.9 Å². The highest BCUT2D eigenvalue weighted by Gasteiger charge is 2.32. The summed E-state index contributed by atoms with van der Waals surface area (Å²) in [6.07, 6.45) is 5.09. The number of anilines is 1. The molecule has 0 fully saturated rings. The Balaban J connectivity index is 2.15. The van der Waals surface area contributed by atoms with E-state index in [4.69, 9.17) is 5.26 Å². The number of amides is 2. The first-order chi connectivity index (χ1) is 14.0. The van der Waals surface area contributed by atoms with E-state index in [1.165, 1.54) is 0 Å². The molecule has 0 saturated heterocycles. The Morgan fingerprint density at radius 2 is 1.90 bits per heavy atom. The third-order valence-corrected chi connectivity index (χ3v) is 5.28. The first kappa shape index (κ1) is 20.7. The van der Waals surface area contributed by atoms with Crippen LogP contribution in [-0.4, -0.2) is 23.5 Å². The van der Waals surface area contributed by atoms with Gasteiger partial charge in [-0.15, -0.1) is 0 Å². The number of urea groups is 1. The van der Waals surface area contributed by atoms with Gasteiger partial charge in [0, 0.05) is 17.8 Å². The number of hydrogen-bond acceptors (Lipinski definition) is 2. The number of carbonyl (C=O) groups is 1. The maximum Gasteiger partial charge on any atom is 0.322 e. The van der Waals surface area contributed by atoms with E-state index < -0.39 is 0 Å². The number of fused-ring (bicyclic) bond motifs is 1. The van der Waals surface area contributed by atoms with E-state index in [9.17, 15) is 4.79 Å². The van der Waals surface area contributed by atoms with Crippen LogP contribution in [0.15, 0.2) is 48.5 Å². The number of hydrogen-bond donors (Lipinski definition) is 1. The molecule has 1 aliphatic rings. The van der Waals surface area contributed by atoms with Gasteiger partial charge in [0.15, 0.2) is 0 Å². The molecular weight excluding hydrogens is 358 g/mol. The summed E-state index contributed by atoms with van der Waals surface area (Å²) < 4.78 is 0. The van der Waals surface area contributed by atoms with E-state index >= 15 is 0 Å². The number of nitrogens with one attached hydrogen (secondary N) is 1. The number of unbranched alkanes of at least 4 members (excludes halogenated alkanes) is 1.